The topological polar surface area (TPSA) is 386 Å². The Kier molecular flexibility index (Phi) is 29.2. The number of aliphatic carboxylic acids is 2. The minimum atomic E-state index is -1.39. The van der Waals surface area contributed by atoms with Crippen LogP contribution in [0.5, 0.6) is 0 Å². The number of aliphatic hydroxyl groups excluding tert-OH is 7. The van der Waals surface area contributed by atoms with Gasteiger partial charge in [0, 0.05) is 71.8 Å². The Hall–Kier alpha value is -8.96. The second-order valence-corrected chi connectivity index (χ2v) is 24.8. The van der Waals surface area contributed by atoms with E-state index in [2.05, 4.69) is 15.6 Å². The van der Waals surface area contributed by atoms with Crippen LogP contribution in [0, 0.1) is 11.6 Å². The van der Waals surface area contributed by atoms with Crippen LogP contribution in [0.3, 0.4) is 0 Å². The predicted octanol–water partition coefficient (Wildman–Crippen LogP) is 6.75. The summed E-state index contributed by atoms with van der Waals surface area (Å²) in [5.41, 5.74) is 20.0. The number of halogens is 2. The number of hydrogen-bond donors (Lipinski definition) is 11. The minimum absolute atomic E-state index is 0. The molecule has 0 saturated carbocycles. The quantitative estimate of drug-likeness (QED) is 0.0237. The van der Waals surface area contributed by atoms with Crippen LogP contribution >= 0.6 is 0 Å². The molecule has 1 fully saturated rings. The van der Waals surface area contributed by atoms with E-state index in [0.717, 1.165) is 22.5 Å². The molecular formula is C75H82CaF2N8O15. The molecular weight excluding hydrogens is 1330 g/mol. The van der Waals surface area contributed by atoms with Gasteiger partial charge < -0.3 is 91.5 Å². The third kappa shape index (κ3) is 20.4. The molecule has 0 unspecified atom stereocenters. The van der Waals surface area contributed by atoms with Crippen molar-refractivity contribution in [3.8, 4) is 44.8 Å². The van der Waals surface area contributed by atoms with Crippen molar-refractivity contribution >= 4 is 84.6 Å². The zero-order valence-corrected chi connectivity index (χ0v) is 58.4. The first kappa shape index (κ1) is 79.4. The summed E-state index contributed by atoms with van der Waals surface area (Å²) in [6.07, 6.45) is -8.86. The van der Waals surface area contributed by atoms with Crippen molar-refractivity contribution in [2.45, 2.75) is 140 Å². The molecule has 1 saturated heterocycles. The van der Waals surface area contributed by atoms with Crippen LogP contribution in [0.1, 0.15) is 127 Å². The van der Waals surface area contributed by atoms with Crippen molar-refractivity contribution in [1.29, 1.82) is 0 Å². The molecule has 1 aliphatic rings. The molecule has 0 bridgehead atoms. The van der Waals surface area contributed by atoms with Gasteiger partial charge in [0.05, 0.1) is 59.9 Å². The number of amides is 3. The molecule has 1 aliphatic heterocycles. The van der Waals surface area contributed by atoms with E-state index in [4.69, 9.17) is 21.3 Å². The molecule has 4 heterocycles. The smallest absolute Gasteiger partial charge is 0.550 e. The number of rotatable bonds is 27. The summed E-state index contributed by atoms with van der Waals surface area (Å²) in [7, 11) is 0. The normalized spacial score (nSPS) is 16.0. The van der Waals surface area contributed by atoms with Crippen molar-refractivity contribution in [2.75, 3.05) is 23.0 Å². The summed E-state index contributed by atoms with van der Waals surface area (Å²) in [5.74, 6) is -5.29. The number of anilines is 3. The first-order valence-electron chi connectivity index (χ1n) is 32.5. The van der Waals surface area contributed by atoms with Crippen molar-refractivity contribution < 1.29 is 83.4 Å². The number of nitrogen functional groups attached to an aromatic ring is 1. The second-order valence-electron chi connectivity index (χ2n) is 24.8. The van der Waals surface area contributed by atoms with Crippen molar-refractivity contribution in [3.63, 3.8) is 0 Å². The van der Waals surface area contributed by atoms with E-state index in [0.29, 0.717) is 56.1 Å². The van der Waals surface area contributed by atoms with Gasteiger partial charge in [0.15, 0.2) is 11.9 Å². The summed E-state index contributed by atoms with van der Waals surface area (Å²) < 4.78 is 38.4. The Labute approximate surface area is 612 Å². The van der Waals surface area contributed by atoms with Crippen LogP contribution < -0.4 is 32.3 Å². The number of carboxylic acids is 2. The zero-order valence-electron chi connectivity index (χ0n) is 56.2. The van der Waals surface area contributed by atoms with Gasteiger partial charge in [0.25, 0.3) is 17.7 Å². The van der Waals surface area contributed by atoms with Crippen LogP contribution in [0.15, 0.2) is 176 Å². The number of ether oxygens (including phenoxy) is 1. The first-order valence-corrected chi connectivity index (χ1v) is 32.5. The number of carboxylic acid groups (broad SMARTS) is 2. The van der Waals surface area contributed by atoms with E-state index in [1.165, 1.54) is 35.2 Å². The number of para-hydroxylation sites is 2. The fourth-order valence-corrected chi connectivity index (χ4v) is 12.3. The maximum Gasteiger partial charge on any atom is 2.00 e. The third-order valence-corrected chi connectivity index (χ3v) is 16.7. The van der Waals surface area contributed by atoms with Crippen LogP contribution in [-0.4, -0.2) is 171 Å². The summed E-state index contributed by atoms with van der Waals surface area (Å²) >= 11 is 0. The molecule has 3 aromatic heterocycles. The maximum atomic E-state index is 14.0. The van der Waals surface area contributed by atoms with Crippen LogP contribution in [0.2, 0.25) is 0 Å². The second kappa shape index (κ2) is 37.1. The average Bonchev–Trinajstić information content (AvgIpc) is 1.60. The molecule has 528 valence electrons. The van der Waals surface area contributed by atoms with Crippen molar-refractivity contribution in [2.24, 2.45) is 5.73 Å². The number of carbonyl (C=O) groups excluding carboxylic acids is 5. The molecule has 23 nitrogen and oxygen atoms in total. The Bertz CT molecular complexity index is 3970. The SMILES string of the molecule is CC(C)c1c(C(=O)Nc2ccccc2)c(-c2ccccc2)c(-c2ccc(F)cc2)n1CC[C@@H](O)C[C@@H](O)CC(=O)[O-].CC(C)c1c(C(=O)Nc2ccccc2)c(-c2ccccc2)c(-c2ccc(F)cc2)n1CC[C@@H](O)C[C@@H](O)CC(=O)[O-].NC(=O)c1ncn([C@@H]2O[C@H](CO)[C@@H](O)[C@H]2O)c1N.[Ca+2]. The Morgan fingerprint density at radius 1 is 0.554 bits per heavy atom. The third-order valence-electron chi connectivity index (χ3n) is 16.7. The maximum absolute atomic E-state index is 14.0. The Morgan fingerprint density at radius 2 is 0.921 bits per heavy atom. The molecule has 101 heavy (non-hydrogen) atoms. The number of carbonyl (C=O) groups is 5. The summed E-state index contributed by atoms with van der Waals surface area (Å²) in [6, 6.07) is 49.4. The van der Waals surface area contributed by atoms with Gasteiger partial charge in [-0.05, 0) is 133 Å². The van der Waals surface area contributed by atoms with E-state index in [9.17, 15) is 73.6 Å². The average molecular weight is 1410 g/mol. The number of aromatic nitrogens is 4. The van der Waals surface area contributed by atoms with Crippen LogP contribution in [-0.2, 0) is 27.4 Å². The molecule has 0 spiro atoms. The molecule has 0 aliphatic carbocycles. The van der Waals surface area contributed by atoms with E-state index < -0.39 is 97.9 Å². The van der Waals surface area contributed by atoms with E-state index in [-0.39, 0.29) is 112 Å². The molecule has 9 aromatic rings. The molecule has 26 heteroatoms. The van der Waals surface area contributed by atoms with Gasteiger partial charge in [-0.3, -0.25) is 19.0 Å². The number of hydrogen-bond acceptors (Lipinski definition) is 17. The van der Waals surface area contributed by atoms with E-state index >= 15 is 0 Å². The van der Waals surface area contributed by atoms with Crippen LogP contribution in [0.25, 0.3) is 44.8 Å². The zero-order chi connectivity index (χ0) is 72.5. The van der Waals surface area contributed by atoms with Crippen molar-refractivity contribution in [3.05, 3.63) is 216 Å². The summed E-state index contributed by atoms with van der Waals surface area (Å²) in [5, 5.41) is 97.5. The van der Waals surface area contributed by atoms with Gasteiger partial charge >= 0.3 is 37.7 Å². The van der Waals surface area contributed by atoms with Gasteiger partial charge in [0.2, 0.25) is 0 Å². The number of nitrogens with zero attached hydrogens (tertiary/aromatic N) is 4. The minimum Gasteiger partial charge on any atom is -0.550 e. The number of nitrogens with one attached hydrogen (secondary N) is 2. The van der Waals surface area contributed by atoms with E-state index in [1.807, 2.05) is 134 Å². The van der Waals surface area contributed by atoms with Gasteiger partial charge in [-0.25, -0.2) is 13.8 Å². The molecule has 3 amide bonds. The monoisotopic (exact) mass is 1410 g/mol. The molecule has 6 aromatic carbocycles. The fraction of sp³-hybridized carbons (Fsp3) is 0.307. The number of primary amides is 1. The molecule has 13 N–H and O–H groups in total. The fourth-order valence-electron chi connectivity index (χ4n) is 12.3. The van der Waals surface area contributed by atoms with Crippen molar-refractivity contribution in [1.82, 2.24) is 18.7 Å². The summed E-state index contributed by atoms with van der Waals surface area (Å²) in [6.45, 7) is 7.99. The first-order chi connectivity index (χ1) is 47.8. The van der Waals surface area contributed by atoms with Gasteiger partial charge in [-0.15, -0.1) is 0 Å². The van der Waals surface area contributed by atoms with Gasteiger partial charge in [0.1, 0.15) is 35.8 Å². The number of benzene rings is 6. The Balaban J connectivity index is 0.000000227. The Morgan fingerprint density at radius 3 is 1.24 bits per heavy atom. The molecule has 10 rings (SSSR count). The molecule has 8 atom stereocenters. The number of nitrogens with two attached hydrogens (primary N) is 2. The largest absolute Gasteiger partial charge is 2.00 e. The van der Waals surface area contributed by atoms with Gasteiger partial charge in [-0.2, -0.15) is 0 Å². The van der Waals surface area contributed by atoms with E-state index in [1.54, 1.807) is 48.5 Å². The number of imidazole rings is 1. The number of aliphatic hydroxyl groups is 7. The standard InChI is InChI=1S/2C33H35FN2O5.C9H14N4O5.Ca/c2*1-21(2)31-30(33(41)35-25-11-7-4-8-12-25)29(22-9-5-3-6-10-22)32(23-13-15-24(34)16-14-23)36(31)18-17-26(37)19-27(38)20-28(39)40;10-7-4(8(11)17)12-2-13(7)9-6(16)5(15)3(1-14)18-9;/h2*3-16,21,26-27,37-38H,17-20H2,1-2H3,(H,35,41)(H,39,40);2-3,5-6,9,14-16H,1,10H2,(H2,11,17);/q;;;+2/p-2/t2*26-,27-;3-,5-,6-,9-;/m111./s1. The van der Waals surface area contributed by atoms with Gasteiger partial charge in [-0.1, -0.05) is 125 Å². The molecule has 0 radical (unpaired) electrons. The summed E-state index contributed by atoms with van der Waals surface area (Å²) in [4.78, 5) is 64.5. The van der Waals surface area contributed by atoms with Crippen LogP contribution in [0.4, 0.5) is 26.0 Å². The predicted molar refractivity (Wildman–Crippen MR) is 373 cm³/mol.